The Morgan fingerprint density at radius 1 is 1.33 bits per heavy atom. The normalized spacial score (nSPS) is 28.4. The first-order valence-electron chi connectivity index (χ1n) is 7.35. The Morgan fingerprint density at radius 2 is 2.00 bits per heavy atom. The first-order chi connectivity index (χ1) is 8.60. The zero-order chi connectivity index (χ0) is 13.5. The highest BCUT2D eigenvalue weighted by Crippen LogP contribution is 2.27. The van der Waals surface area contributed by atoms with Gasteiger partial charge in [0.1, 0.15) is 0 Å². The van der Waals surface area contributed by atoms with Gasteiger partial charge in [-0.15, -0.1) is 0 Å². The molecule has 0 aromatic heterocycles. The summed E-state index contributed by atoms with van der Waals surface area (Å²) >= 11 is 0. The summed E-state index contributed by atoms with van der Waals surface area (Å²) in [6, 6.07) is 0.0344. The molecule has 1 amide bonds. The van der Waals surface area contributed by atoms with Crippen molar-refractivity contribution >= 4 is 5.91 Å². The Kier molecular flexibility index (Phi) is 6.65. The third-order valence-electron chi connectivity index (χ3n) is 4.25. The molecular weight excluding hydrogens is 226 g/mol. The van der Waals surface area contributed by atoms with E-state index < -0.39 is 0 Å². The molecule has 1 fully saturated rings. The molecule has 0 heterocycles. The van der Waals surface area contributed by atoms with E-state index in [4.69, 9.17) is 5.73 Å². The summed E-state index contributed by atoms with van der Waals surface area (Å²) in [6.45, 7) is 10.2. The lowest BCUT2D eigenvalue weighted by Gasteiger charge is -2.33. The van der Waals surface area contributed by atoms with Crippen molar-refractivity contribution < 1.29 is 4.79 Å². The van der Waals surface area contributed by atoms with E-state index >= 15 is 0 Å². The van der Waals surface area contributed by atoms with Crippen LogP contribution in [0.2, 0.25) is 0 Å². The summed E-state index contributed by atoms with van der Waals surface area (Å²) in [4.78, 5) is 14.4. The predicted octanol–water partition coefficient (Wildman–Crippen LogP) is 1.21. The smallest absolute Gasteiger partial charge is 0.224 e. The van der Waals surface area contributed by atoms with Crippen LogP contribution in [0.4, 0.5) is 0 Å². The highest BCUT2D eigenvalue weighted by Gasteiger charge is 2.32. The van der Waals surface area contributed by atoms with Gasteiger partial charge in [-0.2, -0.15) is 0 Å². The Hall–Kier alpha value is -0.610. The summed E-state index contributed by atoms with van der Waals surface area (Å²) in [5, 5.41) is 3.04. The summed E-state index contributed by atoms with van der Waals surface area (Å²) in [5.41, 5.74) is 6.14. The van der Waals surface area contributed by atoms with Gasteiger partial charge in [-0.05, 0) is 31.8 Å². The summed E-state index contributed by atoms with van der Waals surface area (Å²) in [7, 11) is 0. The molecule has 1 aliphatic carbocycles. The van der Waals surface area contributed by atoms with Gasteiger partial charge >= 0.3 is 0 Å². The third-order valence-corrected chi connectivity index (χ3v) is 4.25. The molecule has 1 saturated carbocycles. The maximum Gasteiger partial charge on any atom is 0.224 e. The van der Waals surface area contributed by atoms with Gasteiger partial charge in [0.2, 0.25) is 5.91 Å². The van der Waals surface area contributed by atoms with Crippen LogP contribution in [0.25, 0.3) is 0 Å². The van der Waals surface area contributed by atoms with Gasteiger partial charge in [0.25, 0.3) is 0 Å². The number of likely N-dealkylation sites (N-methyl/N-ethyl adjacent to an activating group) is 1. The van der Waals surface area contributed by atoms with E-state index in [-0.39, 0.29) is 17.9 Å². The second-order valence-corrected chi connectivity index (χ2v) is 5.41. The number of hydrogen-bond acceptors (Lipinski definition) is 3. The van der Waals surface area contributed by atoms with Crippen molar-refractivity contribution in [2.24, 2.45) is 17.6 Å². The van der Waals surface area contributed by atoms with Crippen molar-refractivity contribution in [3.05, 3.63) is 0 Å². The van der Waals surface area contributed by atoms with Crippen LogP contribution in [0.3, 0.4) is 0 Å². The molecule has 3 N–H and O–H groups in total. The lowest BCUT2D eigenvalue weighted by molar-refractivity contribution is -0.127. The van der Waals surface area contributed by atoms with Gasteiger partial charge in [-0.3, -0.25) is 4.79 Å². The molecule has 4 heteroatoms. The largest absolute Gasteiger partial charge is 0.355 e. The Morgan fingerprint density at radius 3 is 2.61 bits per heavy atom. The Labute approximate surface area is 111 Å². The molecule has 0 aromatic rings. The van der Waals surface area contributed by atoms with Crippen LogP contribution in [-0.2, 0) is 4.79 Å². The number of rotatable bonds is 6. The topological polar surface area (TPSA) is 58.4 Å². The van der Waals surface area contributed by atoms with Crippen LogP contribution in [0.1, 0.15) is 40.0 Å². The minimum absolute atomic E-state index is 0.0189. The molecule has 4 nitrogen and oxygen atoms in total. The fraction of sp³-hybridized carbons (Fsp3) is 0.929. The minimum atomic E-state index is 0.0189. The van der Waals surface area contributed by atoms with E-state index in [0.29, 0.717) is 5.92 Å². The van der Waals surface area contributed by atoms with E-state index in [0.717, 1.165) is 45.4 Å². The average Bonchev–Trinajstić information content (AvgIpc) is 2.37. The van der Waals surface area contributed by atoms with E-state index in [1.54, 1.807) is 0 Å². The number of nitrogens with zero attached hydrogens (tertiary/aromatic N) is 1. The van der Waals surface area contributed by atoms with E-state index in [1.165, 1.54) is 0 Å². The van der Waals surface area contributed by atoms with E-state index in [2.05, 4.69) is 31.0 Å². The number of hydrogen-bond donors (Lipinski definition) is 2. The number of nitrogens with two attached hydrogens (primary N) is 1. The molecule has 1 aliphatic rings. The number of nitrogens with one attached hydrogen (secondary N) is 1. The zero-order valence-corrected chi connectivity index (χ0v) is 12.1. The molecular formula is C14H29N3O. The van der Waals surface area contributed by atoms with Crippen molar-refractivity contribution in [3.8, 4) is 0 Å². The molecule has 106 valence electrons. The summed E-state index contributed by atoms with van der Waals surface area (Å²) in [5.74, 6) is 0.643. The summed E-state index contributed by atoms with van der Waals surface area (Å²) < 4.78 is 0. The van der Waals surface area contributed by atoms with E-state index in [9.17, 15) is 4.79 Å². The Balaban J connectivity index is 2.31. The van der Waals surface area contributed by atoms with Gasteiger partial charge < -0.3 is 16.0 Å². The maximum atomic E-state index is 12.1. The highest BCUT2D eigenvalue weighted by molar-refractivity contribution is 5.79. The molecule has 3 unspecified atom stereocenters. The van der Waals surface area contributed by atoms with Crippen molar-refractivity contribution in [2.75, 3.05) is 26.2 Å². The summed E-state index contributed by atoms with van der Waals surface area (Å²) in [6.07, 6.45) is 3.23. The number of carbonyl (C=O) groups is 1. The lowest BCUT2D eigenvalue weighted by Crippen LogP contribution is -2.48. The minimum Gasteiger partial charge on any atom is -0.355 e. The van der Waals surface area contributed by atoms with Gasteiger partial charge in [-0.1, -0.05) is 27.2 Å². The monoisotopic (exact) mass is 255 g/mol. The SMILES string of the molecule is CCN(CC)CCNC(=O)C1CCCC(C)C1N. The molecule has 0 radical (unpaired) electrons. The first kappa shape index (κ1) is 15.4. The molecule has 0 aliphatic heterocycles. The van der Waals surface area contributed by atoms with Crippen molar-refractivity contribution in [2.45, 2.75) is 46.1 Å². The second kappa shape index (κ2) is 7.74. The molecule has 18 heavy (non-hydrogen) atoms. The zero-order valence-electron chi connectivity index (χ0n) is 12.1. The van der Waals surface area contributed by atoms with Crippen LogP contribution in [-0.4, -0.2) is 43.0 Å². The molecule has 0 saturated heterocycles. The van der Waals surface area contributed by atoms with Crippen LogP contribution in [0, 0.1) is 11.8 Å². The van der Waals surface area contributed by atoms with Gasteiger partial charge in [0.05, 0.1) is 5.92 Å². The molecule has 0 spiro atoms. The van der Waals surface area contributed by atoms with Crippen LogP contribution >= 0.6 is 0 Å². The quantitative estimate of drug-likeness (QED) is 0.750. The van der Waals surface area contributed by atoms with E-state index in [1.807, 2.05) is 0 Å². The Bertz CT molecular complexity index is 253. The highest BCUT2D eigenvalue weighted by atomic mass is 16.1. The standard InChI is InChI=1S/C14H29N3O/c1-4-17(5-2)10-9-16-14(18)12-8-6-7-11(3)13(12)15/h11-13H,4-10,15H2,1-3H3,(H,16,18). The van der Waals surface area contributed by atoms with Gasteiger partial charge in [0, 0.05) is 19.1 Å². The molecule has 0 bridgehead atoms. The number of amides is 1. The molecule has 3 atom stereocenters. The fourth-order valence-corrected chi connectivity index (χ4v) is 2.76. The second-order valence-electron chi connectivity index (χ2n) is 5.41. The van der Waals surface area contributed by atoms with Crippen LogP contribution in [0.15, 0.2) is 0 Å². The molecule has 1 rings (SSSR count). The van der Waals surface area contributed by atoms with Crippen molar-refractivity contribution in [1.82, 2.24) is 10.2 Å². The van der Waals surface area contributed by atoms with Gasteiger partial charge in [-0.25, -0.2) is 0 Å². The molecule has 0 aromatic carbocycles. The van der Waals surface area contributed by atoms with Gasteiger partial charge in [0.15, 0.2) is 0 Å². The van der Waals surface area contributed by atoms with Crippen LogP contribution in [0.5, 0.6) is 0 Å². The lowest BCUT2D eigenvalue weighted by atomic mass is 9.78. The maximum absolute atomic E-state index is 12.1. The third kappa shape index (κ3) is 4.25. The fourth-order valence-electron chi connectivity index (χ4n) is 2.76. The average molecular weight is 255 g/mol. The van der Waals surface area contributed by atoms with Crippen LogP contribution < -0.4 is 11.1 Å². The predicted molar refractivity (Wildman–Crippen MR) is 75.3 cm³/mol. The number of carbonyl (C=O) groups excluding carboxylic acids is 1. The first-order valence-corrected chi connectivity index (χ1v) is 7.35. The van der Waals surface area contributed by atoms with Crippen molar-refractivity contribution in [3.63, 3.8) is 0 Å². The van der Waals surface area contributed by atoms with Crippen molar-refractivity contribution in [1.29, 1.82) is 0 Å².